The average Bonchev–Trinajstić information content (AvgIpc) is 2.93. The third-order valence-electron chi connectivity index (χ3n) is 2.82. The topological polar surface area (TPSA) is 88.3 Å². The molecule has 0 aliphatic rings. The number of nitrogens with one attached hydrogen (secondary N) is 1. The summed E-state index contributed by atoms with van der Waals surface area (Å²) in [5, 5.41) is 5.21. The number of amides is 2. The van der Waals surface area contributed by atoms with E-state index in [2.05, 4.69) is 10.3 Å². The largest absolute Gasteiger partial charge is 0.355 e. The number of nitrogens with two attached hydrogens (primary N) is 1. The van der Waals surface area contributed by atoms with Crippen LogP contribution in [0.15, 0.2) is 5.38 Å². The Bertz CT molecular complexity index is 473. The molecule has 1 rings (SSSR count). The van der Waals surface area contributed by atoms with Gasteiger partial charge in [0.2, 0.25) is 5.91 Å². The molecule has 0 radical (unpaired) electrons. The van der Waals surface area contributed by atoms with Crippen LogP contribution in [0.1, 0.15) is 55.2 Å². The highest BCUT2D eigenvalue weighted by molar-refractivity contribution is 7.09. The summed E-state index contributed by atoms with van der Waals surface area (Å²) in [6.45, 7) is 7.01. The summed E-state index contributed by atoms with van der Waals surface area (Å²) in [6, 6.07) is -0.191. The standard InChI is InChI=1S/C14H24N4O2S/c1-4-6-16-12(19)8-18(7-5-2)14(20)11-9-21-13(17-11)10(3)15/h9-10H,4-8,15H2,1-3H3,(H,16,19). The molecule has 1 unspecified atom stereocenters. The van der Waals surface area contributed by atoms with Crippen molar-refractivity contribution < 1.29 is 9.59 Å². The number of thiazole rings is 1. The Balaban J connectivity index is 2.73. The van der Waals surface area contributed by atoms with E-state index >= 15 is 0 Å². The normalized spacial score (nSPS) is 12.0. The molecule has 21 heavy (non-hydrogen) atoms. The minimum absolute atomic E-state index is 0.0672. The lowest BCUT2D eigenvalue weighted by atomic mass is 10.3. The van der Waals surface area contributed by atoms with Crippen LogP contribution in [0, 0.1) is 0 Å². The van der Waals surface area contributed by atoms with Crippen molar-refractivity contribution in [2.45, 2.75) is 39.7 Å². The molecule has 3 N–H and O–H groups in total. The van der Waals surface area contributed by atoms with Crippen molar-refractivity contribution in [1.29, 1.82) is 0 Å². The first-order chi connectivity index (χ1) is 9.99. The summed E-state index contributed by atoms with van der Waals surface area (Å²) in [7, 11) is 0. The van der Waals surface area contributed by atoms with Gasteiger partial charge in [-0.05, 0) is 19.8 Å². The summed E-state index contributed by atoms with van der Waals surface area (Å²) < 4.78 is 0. The van der Waals surface area contributed by atoms with E-state index in [0.717, 1.165) is 17.8 Å². The number of hydrogen-bond acceptors (Lipinski definition) is 5. The third kappa shape index (κ3) is 5.43. The van der Waals surface area contributed by atoms with E-state index in [1.165, 1.54) is 16.2 Å². The van der Waals surface area contributed by atoms with Gasteiger partial charge >= 0.3 is 0 Å². The lowest BCUT2D eigenvalue weighted by molar-refractivity contribution is -0.121. The maximum absolute atomic E-state index is 12.4. The summed E-state index contributed by atoms with van der Waals surface area (Å²) in [4.78, 5) is 30.0. The van der Waals surface area contributed by atoms with Crippen LogP contribution in [-0.2, 0) is 4.79 Å². The van der Waals surface area contributed by atoms with Gasteiger partial charge in [-0.3, -0.25) is 9.59 Å². The van der Waals surface area contributed by atoms with Gasteiger partial charge < -0.3 is 16.0 Å². The lowest BCUT2D eigenvalue weighted by Gasteiger charge is -2.20. The summed E-state index contributed by atoms with van der Waals surface area (Å²) in [5.74, 6) is -0.354. The summed E-state index contributed by atoms with van der Waals surface area (Å²) >= 11 is 1.37. The van der Waals surface area contributed by atoms with Crippen LogP contribution in [0.25, 0.3) is 0 Å². The molecule has 0 fully saturated rings. The van der Waals surface area contributed by atoms with Gasteiger partial charge in [0.1, 0.15) is 10.7 Å². The van der Waals surface area contributed by atoms with E-state index in [1.807, 2.05) is 20.8 Å². The first kappa shape index (κ1) is 17.6. The SMILES string of the molecule is CCCNC(=O)CN(CCC)C(=O)c1csc(C(C)N)n1. The highest BCUT2D eigenvalue weighted by Crippen LogP contribution is 2.17. The predicted molar refractivity (Wildman–Crippen MR) is 84.2 cm³/mol. The molecular weight excluding hydrogens is 288 g/mol. The molecule has 1 atom stereocenters. The molecule has 0 saturated carbocycles. The second-order valence-electron chi connectivity index (χ2n) is 4.94. The second kappa shape index (κ2) is 8.74. The van der Waals surface area contributed by atoms with Crippen LogP contribution < -0.4 is 11.1 Å². The average molecular weight is 312 g/mol. The van der Waals surface area contributed by atoms with Gasteiger partial charge in [-0.1, -0.05) is 13.8 Å². The van der Waals surface area contributed by atoms with E-state index in [4.69, 9.17) is 5.73 Å². The maximum Gasteiger partial charge on any atom is 0.273 e. The monoisotopic (exact) mass is 312 g/mol. The first-order valence-electron chi connectivity index (χ1n) is 7.26. The van der Waals surface area contributed by atoms with Crippen LogP contribution in [0.2, 0.25) is 0 Å². The maximum atomic E-state index is 12.4. The van der Waals surface area contributed by atoms with Crippen LogP contribution in [0.5, 0.6) is 0 Å². The van der Waals surface area contributed by atoms with Crippen molar-refractivity contribution in [1.82, 2.24) is 15.2 Å². The Morgan fingerprint density at radius 2 is 2.14 bits per heavy atom. The van der Waals surface area contributed by atoms with Crippen LogP contribution in [0.4, 0.5) is 0 Å². The smallest absolute Gasteiger partial charge is 0.273 e. The Morgan fingerprint density at radius 3 is 2.67 bits per heavy atom. The molecular formula is C14H24N4O2S. The van der Waals surface area contributed by atoms with Gasteiger partial charge in [0.25, 0.3) is 5.91 Å². The van der Waals surface area contributed by atoms with E-state index in [0.29, 0.717) is 18.8 Å². The number of carbonyl (C=O) groups excluding carboxylic acids is 2. The summed E-state index contributed by atoms with van der Waals surface area (Å²) in [6.07, 6.45) is 1.66. The minimum atomic E-state index is -0.216. The molecule has 0 aromatic carbocycles. The van der Waals surface area contributed by atoms with E-state index in [-0.39, 0.29) is 24.4 Å². The number of aromatic nitrogens is 1. The number of rotatable bonds is 8. The van der Waals surface area contributed by atoms with Crippen LogP contribution in [0.3, 0.4) is 0 Å². The fourth-order valence-electron chi connectivity index (χ4n) is 1.77. The van der Waals surface area contributed by atoms with Crippen molar-refractivity contribution in [2.75, 3.05) is 19.6 Å². The molecule has 1 heterocycles. The predicted octanol–water partition coefficient (Wildman–Crippen LogP) is 1.54. The van der Waals surface area contributed by atoms with Crippen molar-refractivity contribution in [3.8, 4) is 0 Å². The van der Waals surface area contributed by atoms with Crippen molar-refractivity contribution in [3.63, 3.8) is 0 Å². The zero-order valence-electron chi connectivity index (χ0n) is 12.9. The molecule has 6 nitrogen and oxygen atoms in total. The van der Waals surface area contributed by atoms with Crippen LogP contribution >= 0.6 is 11.3 Å². The molecule has 0 saturated heterocycles. The molecule has 0 aliphatic heterocycles. The minimum Gasteiger partial charge on any atom is -0.355 e. The van der Waals surface area contributed by atoms with Gasteiger partial charge in [0.15, 0.2) is 0 Å². The highest BCUT2D eigenvalue weighted by atomic mass is 32.1. The molecule has 1 aromatic heterocycles. The number of carbonyl (C=O) groups is 2. The van der Waals surface area contributed by atoms with Gasteiger partial charge in [-0.15, -0.1) is 11.3 Å². The fraction of sp³-hybridized carbons (Fsp3) is 0.643. The fourth-order valence-corrected chi connectivity index (χ4v) is 2.52. The molecule has 0 spiro atoms. The lowest BCUT2D eigenvalue weighted by Crippen LogP contribution is -2.41. The number of hydrogen-bond donors (Lipinski definition) is 2. The Hall–Kier alpha value is -1.47. The zero-order valence-corrected chi connectivity index (χ0v) is 13.7. The number of nitrogens with zero attached hydrogens (tertiary/aromatic N) is 2. The van der Waals surface area contributed by atoms with Gasteiger partial charge in [-0.2, -0.15) is 0 Å². The molecule has 0 aliphatic carbocycles. The molecule has 7 heteroatoms. The van der Waals surface area contributed by atoms with Gasteiger partial charge in [-0.25, -0.2) is 4.98 Å². The molecule has 0 bridgehead atoms. The Kier molecular flexibility index (Phi) is 7.31. The van der Waals surface area contributed by atoms with E-state index < -0.39 is 0 Å². The summed E-state index contributed by atoms with van der Waals surface area (Å²) in [5.41, 5.74) is 6.12. The molecule has 1 aromatic rings. The van der Waals surface area contributed by atoms with Crippen molar-refractivity contribution >= 4 is 23.2 Å². The Morgan fingerprint density at radius 1 is 1.43 bits per heavy atom. The van der Waals surface area contributed by atoms with E-state index in [1.54, 1.807) is 5.38 Å². The zero-order chi connectivity index (χ0) is 15.8. The highest BCUT2D eigenvalue weighted by Gasteiger charge is 2.21. The molecule has 118 valence electrons. The Labute approximate surface area is 129 Å². The van der Waals surface area contributed by atoms with Gasteiger partial charge in [0, 0.05) is 18.5 Å². The van der Waals surface area contributed by atoms with Crippen molar-refractivity contribution in [2.24, 2.45) is 5.73 Å². The third-order valence-corrected chi connectivity index (χ3v) is 3.86. The second-order valence-corrected chi connectivity index (χ2v) is 5.83. The first-order valence-corrected chi connectivity index (χ1v) is 8.14. The molecule has 2 amide bonds. The quantitative estimate of drug-likeness (QED) is 0.762. The van der Waals surface area contributed by atoms with Crippen molar-refractivity contribution in [3.05, 3.63) is 16.1 Å². The van der Waals surface area contributed by atoms with Gasteiger partial charge in [0.05, 0.1) is 12.6 Å². The van der Waals surface area contributed by atoms with E-state index in [9.17, 15) is 9.59 Å². The van der Waals surface area contributed by atoms with Crippen LogP contribution in [-0.4, -0.2) is 41.3 Å².